The Hall–Kier alpha value is -3.42. The van der Waals surface area contributed by atoms with Gasteiger partial charge in [0.25, 0.3) is 0 Å². The number of carbonyl (C=O) groups excluding carboxylic acids is 2. The lowest BCUT2D eigenvalue weighted by atomic mass is 9.49. The highest BCUT2D eigenvalue weighted by atomic mass is 79.9. The highest BCUT2D eigenvalue weighted by Crippen LogP contribution is 2.67. The average Bonchev–Trinajstić information content (AvgIpc) is 1.60. The van der Waals surface area contributed by atoms with Crippen LogP contribution in [0.15, 0.2) is 77.3 Å². The molecule has 3 aliphatic carbocycles. The zero-order valence-electron chi connectivity index (χ0n) is 60.7. The zero-order valence-corrected chi connectivity index (χ0v) is 62.3. The van der Waals surface area contributed by atoms with Crippen LogP contribution in [-0.4, -0.2) is 146 Å². The summed E-state index contributed by atoms with van der Waals surface area (Å²) < 4.78 is 60.6. The molecule has 20 heteroatoms. The number of halogens is 1. The molecule has 3 atom stereocenters. The summed E-state index contributed by atoms with van der Waals surface area (Å²) in [6, 6.07) is 26.5. The lowest BCUT2D eigenvalue weighted by Crippen LogP contribution is -2.42. The SMILES string of the molecule is C.C.CC(C)(C)OC(=O)N1CCC2(CC1)C[C@@H]2c1ccc(B2OC(C)(C)C(C)(C)O2)cc1.CC(C)(C)OC(=O)N1CCC2(CC1)C[C@@H]2c1ccc(Br)cc1.CC1(C)OB(B2OC(C)(C)C(C)(C)O2)OC1(C)C.CC1(C)OB(c2ccc([C@H]3CC34CCNCC4)cc2)OC1(C)C. The van der Waals surface area contributed by atoms with E-state index in [9.17, 15) is 9.59 Å². The number of likely N-dealkylation sites (tertiary alicyclic amines) is 2. The van der Waals surface area contributed by atoms with Crippen molar-refractivity contribution in [1.82, 2.24) is 15.1 Å². The van der Waals surface area contributed by atoms with Gasteiger partial charge in [-0.2, -0.15) is 0 Å². The summed E-state index contributed by atoms with van der Waals surface area (Å²) in [5.41, 5.74) is 4.43. The van der Waals surface area contributed by atoms with Gasteiger partial charge in [0.05, 0.1) is 44.8 Å². The predicted molar refractivity (Wildman–Crippen MR) is 390 cm³/mol. The van der Waals surface area contributed by atoms with Gasteiger partial charge >= 0.3 is 40.4 Å². The third kappa shape index (κ3) is 16.8. The van der Waals surface area contributed by atoms with Crippen molar-refractivity contribution < 1.29 is 56.3 Å². The summed E-state index contributed by atoms with van der Waals surface area (Å²) in [7, 11) is -1.51. The Balaban J connectivity index is 0.000000164. The van der Waals surface area contributed by atoms with E-state index in [1.807, 2.05) is 107 Å². The van der Waals surface area contributed by atoms with Crippen LogP contribution in [0.1, 0.15) is 259 Å². The normalized spacial score (nSPS) is 27.3. The first-order chi connectivity index (χ1) is 42.8. The van der Waals surface area contributed by atoms with E-state index in [0.29, 0.717) is 28.1 Å². The fourth-order valence-electron chi connectivity index (χ4n) is 14.4. The van der Waals surface area contributed by atoms with Crippen LogP contribution >= 0.6 is 15.9 Å². The highest BCUT2D eigenvalue weighted by Gasteiger charge is 2.64. The Bertz CT molecular complexity index is 3020. The van der Waals surface area contributed by atoms with Crippen molar-refractivity contribution in [3.05, 3.63) is 94.0 Å². The molecule has 526 valence electrons. The Morgan fingerprint density at radius 3 is 0.916 bits per heavy atom. The number of ether oxygens (including phenoxy) is 2. The summed E-state index contributed by atoms with van der Waals surface area (Å²) in [5.74, 6) is 2.02. The number of benzene rings is 3. The largest absolute Gasteiger partial charge is 0.494 e. The number of hydrogen-bond donors (Lipinski definition) is 1. The monoisotopic (exact) mass is 1380 g/mol. The molecule has 0 radical (unpaired) electrons. The molecule has 10 aliphatic rings. The molecule has 7 saturated heterocycles. The molecule has 15 nitrogen and oxygen atoms in total. The molecule has 1 N–H and O–H groups in total. The number of nitrogens with one attached hydrogen (secondary N) is 1. The maximum atomic E-state index is 12.3. The molecular formula is C75H120B4BrN3O12. The van der Waals surface area contributed by atoms with Gasteiger partial charge in [0.2, 0.25) is 0 Å². The van der Waals surface area contributed by atoms with E-state index < -0.39 is 25.2 Å². The van der Waals surface area contributed by atoms with E-state index in [2.05, 4.69) is 149 Å². The summed E-state index contributed by atoms with van der Waals surface area (Å²) in [6.45, 7) is 50.0. The van der Waals surface area contributed by atoms with Gasteiger partial charge < -0.3 is 61.8 Å². The number of nitrogens with zero attached hydrogens (tertiary/aromatic N) is 2. The van der Waals surface area contributed by atoms with Crippen LogP contribution < -0.4 is 16.2 Å². The minimum absolute atomic E-state index is 0. The smallest absolute Gasteiger partial charge is 0.444 e. The molecule has 7 heterocycles. The highest BCUT2D eigenvalue weighted by molar-refractivity contribution is 9.10. The first kappa shape index (κ1) is 77.3. The van der Waals surface area contributed by atoms with Crippen LogP contribution in [-0.2, 0) is 46.7 Å². The second-order valence-electron chi connectivity index (χ2n) is 34.9. The fraction of sp³-hybridized carbons (Fsp3) is 0.733. The van der Waals surface area contributed by atoms with Crippen molar-refractivity contribution in [3.8, 4) is 0 Å². The topological polar surface area (TPSA) is 145 Å². The lowest BCUT2D eigenvalue weighted by molar-refractivity contribution is 0.00578. The van der Waals surface area contributed by atoms with Gasteiger partial charge in [0, 0.05) is 30.7 Å². The zero-order chi connectivity index (χ0) is 68.2. The Labute approximate surface area is 583 Å². The molecule has 13 rings (SSSR count). The first-order valence-electron chi connectivity index (χ1n) is 34.9. The third-order valence-corrected chi connectivity index (χ3v) is 24.3. The second-order valence-corrected chi connectivity index (χ2v) is 35.8. The number of rotatable bonds is 6. The van der Waals surface area contributed by atoms with E-state index in [0.717, 1.165) is 73.2 Å². The number of carbonyl (C=O) groups is 2. The Morgan fingerprint density at radius 1 is 0.411 bits per heavy atom. The van der Waals surface area contributed by atoms with Crippen LogP contribution in [0.4, 0.5) is 9.59 Å². The summed E-state index contributed by atoms with van der Waals surface area (Å²) >= 11 is 3.49. The average molecular weight is 1380 g/mol. The molecule has 7 aliphatic heterocycles. The minimum atomic E-state index is -0.476. The van der Waals surface area contributed by atoms with Crippen LogP contribution in [0, 0.1) is 16.2 Å². The minimum Gasteiger partial charge on any atom is -0.444 e. The molecule has 3 spiro atoms. The number of piperidine rings is 3. The molecule has 0 unspecified atom stereocenters. The molecule has 0 bridgehead atoms. The van der Waals surface area contributed by atoms with Crippen molar-refractivity contribution in [2.45, 2.75) is 299 Å². The van der Waals surface area contributed by atoms with Gasteiger partial charge in [-0.05, 0) is 297 Å². The van der Waals surface area contributed by atoms with Crippen molar-refractivity contribution in [1.29, 1.82) is 0 Å². The molecule has 3 saturated carbocycles. The Morgan fingerprint density at radius 2 is 0.653 bits per heavy atom. The first-order valence-corrected chi connectivity index (χ1v) is 35.7. The lowest BCUT2D eigenvalue weighted by Gasteiger charge is -2.34. The molecule has 3 aromatic rings. The van der Waals surface area contributed by atoms with Crippen molar-refractivity contribution in [2.75, 3.05) is 39.3 Å². The van der Waals surface area contributed by atoms with Crippen LogP contribution in [0.25, 0.3) is 0 Å². The van der Waals surface area contributed by atoms with E-state index in [1.54, 1.807) is 0 Å². The van der Waals surface area contributed by atoms with Gasteiger partial charge in [-0.25, -0.2) is 9.59 Å². The van der Waals surface area contributed by atoms with E-state index in [4.69, 9.17) is 46.7 Å². The molecule has 0 aromatic heterocycles. The van der Waals surface area contributed by atoms with E-state index >= 15 is 0 Å². The quantitative estimate of drug-likeness (QED) is 0.234. The van der Waals surface area contributed by atoms with Crippen molar-refractivity contribution in [2.24, 2.45) is 16.2 Å². The van der Waals surface area contributed by atoms with Gasteiger partial charge in [-0.1, -0.05) is 91.4 Å². The molecule has 10 fully saturated rings. The maximum Gasteiger partial charge on any atom is 0.494 e. The molecule has 3 aromatic carbocycles. The van der Waals surface area contributed by atoms with Crippen LogP contribution in [0.2, 0.25) is 0 Å². The predicted octanol–water partition coefficient (Wildman–Crippen LogP) is 15.8. The van der Waals surface area contributed by atoms with Crippen LogP contribution in [0.5, 0.6) is 0 Å². The van der Waals surface area contributed by atoms with Gasteiger partial charge in [0.15, 0.2) is 0 Å². The van der Waals surface area contributed by atoms with Crippen molar-refractivity contribution >= 4 is 67.3 Å². The van der Waals surface area contributed by atoms with E-state index in [-0.39, 0.29) is 86.1 Å². The van der Waals surface area contributed by atoms with Gasteiger partial charge in [0.1, 0.15) is 11.2 Å². The third-order valence-electron chi connectivity index (χ3n) is 23.8. The van der Waals surface area contributed by atoms with Crippen LogP contribution in [0.3, 0.4) is 0 Å². The molecule has 95 heavy (non-hydrogen) atoms. The van der Waals surface area contributed by atoms with E-state index in [1.165, 1.54) is 61.9 Å². The second kappa shape index (κ2) is 27.2. The van der Waals surface area contributed by atoms with Crippen molar-refractivity contribution in [3.63, 3.8) is 0 Å². The molecule has 2 amide bonds. The summed E-state index contributed by atoms with van der Waals surface area (Å²) in [6.07, 6.45) is 10.4. The Kier molecular flexibility index (Phi) is 22.1. The maximum absolute atomic E-state index is 12.3. The summed E-state index contributed by atoms with van der Waals surface area (Å²) in [5, 5.41) is 3.48. The fourth-order valence-corrected chi connectivity index (χ4v) is 14.6. The summed E-state index contributed by atoms with van der Waals surface area (Å²) in [4.78, 5) is 28.2. The van der Waals surface area contributed by atoms with Gasteiger partial charge in [-0.15, -0.1) is 0 Å². The standard InChI is InChI=1S/C24H36BNO4.C19H28BNO2.C18H24BrNO2.C12H24B2O4.2CH4/c1-21(2,3)28-20(27)26-14-12-24(13-15-26)16-19(24)17-8-10-18(11-9-17)25-29-22(4,5)23(6,7)30-25;1-17(2)18(3,4)23-20(22-17)15-7-5-14(6-8-15)16-13-19(16)9-11-21-12-10-19;1-17(2,3)22-16(21)20-10-8-18(9-11-20)12-15(18)13-4-6-14(19)7-5-13;1-9(2)10(3,4)16-13(15-9)14-17-11(5,6)12(7,8)18-14;;/h8-11,19H,12-16H2,1-7H3;5-8,16,21H,9-13H2,1-4H3;4-7,15H,8-12H2,1-3H3;1-8H3;2*1H4/t19-;16-;15-;;;/m111.../s1. The van der Waals surface area contributed by atoms with Gasteiger partial charge in [-0.3, -0.25) is 0 Å². The number of amides is 2. The molecular weight excluding hydrogens is 1260 g/mol. The number of hydrogen-bond acceptors (Lipinski definition) is 13.